The lowest BCUT2D eigenvalue weighted by Crippen LogP contribution is -2.99. The molecule has 0 fully saturated rings. The molecule has 3 rings (SSSR count). The molecular formula is C17H15NO6. The first-order valence-corrected chi connectivity index (χ1v) is 7.24. The average Bonchev–Trinajstić information content (AvgIpc) is 2.61. The fourth-order valence-corrected chi connectivity index (χ4v) is 2.82. The van der Waals surface area contributed by atoms with Crippen molar-refractivity contribution in [3.8, 4) is 0 Å². The summed E-state index contributed by atoms with van der Waals surface area (Å²) in [6, 6.07) is 12.6. The summed E-state index contributed by atoms with van der Waals surface area (Å²) in [7, 11) is 1.27. The van der Waals surface area contributed by atoms with E-state index in [0.717, 1.165) is 0 Å². The fraction of sp³-hybridized carbons (Fsp3) is 0.176. The van der Waals surface area contributed by atoms with Crippen LogP contribution in [0.15, 0.2) is 48.5 Å². The second-order valence-electron chi connectivity index (χ2n) is 5.34. The van der Waals surface area contributed by atoms with E-state index in [1.54, 1.807) is 24.3 Å². The molecule has 7 nitrogen and oxygen atoms in total. The highest BCUT2D eigenvalue weighted by Crippen LogP contribution is 2.41. The SMILES string of the molecule is COC(=O)C1c2ccccc2C(=O)OC1c1ccc([NH+]([O-])O)cc1. The third-order valence-corrected chi connectivity index (χ3v) is 3.99. The zero-order valence-corrected chi connectivity index (χ0v) is 12.8. The van der Waals surface area contributed by atoms with Gasteiger partial charge in [-0.05, 0) is 29.3 Å². The molecule has 2 N–H and O–H groups in total. The lowest BCUT2D eigenvalue weighted by atomic mass is 9.84. The van der Waals surface area contributed by atoms with Crippen molar-refractivity contribution in [3.05, 3.63) is 70.4 Å². The van der Waals surface area contributed by atoms with Crippen LogP contribution in [0.2, 0.25) is 0 Å². The van der Waals surface area contributed by atoms with Crippen LogP contribution in [-0.2, 0) is 14.3 Å². The number of carbonyl (C=O) groups excluding carboxylic acids is 2. The minimum Gasteiger partial charge on any atom is -0.595 e. The molecule has 24 heavy (non-hydrogen) atoms. The van der Waals surface area contributed by atoms with Crippen LogP contribution < -0.4 is 5.23 Å². The molecule has 0 spiro atoms. The van der Waals surface area contributed by atoms with Crippen LogP contribution in [0.25, 0.3) is 0 Å². The van der Waals surface area contributed by atoms with E-state index >= 15 is 0 Å². The number of esters is 2. The standard InChI is InChI=1S/C17H15NO6/c1-23-17(20)14-12-4-2-3-5-13(12)16(19)24-15(14)10-6-8-11(9-7-10)18(21)22/h2-9,14-15,18,21H,1H3. The van der Waals surface area contributed by atoms with Gasteiger partial charge in [0.1, 0.15) is 12.0 Å². The van der Waals surface area contributed by atoms with Gasteiger partial charge in [-0.2, -0.15) is 5.23 Å². The Hall–Kier alpha value is -2.74. The van der Waals surface area contributed by atoms with Crippen LogP contribution in [0, 0.1) is 5.21 Å². The van der Waals surface area contributed by atoms with Gasteiger partial charge in [0.25, 0.3) is 0 Å². The first kappa shape index (κ1) is 16.1. The van der Waals surface area contributed by atoms with Crippen LogP contribution in [0.3, 0.4) is 0 Å². The van der Waals surface area contributed by atoms with Crippen molar-refractivity contribution in [2.45, 2.75) is 12.0 Å². The van der Waals surface area contributed by atoms with E-state index in [2.05, 4.69) is 0 Å². The molecule has 1 aliphatic heterocycles. The number of rotatable bonds is 3. The molecule has 2 aromatic rings. The maximum Gasteiger partial charge on any atom is 0.339 e. The molecule has 3 atom stereocenters. The monoisotopic (exact) mass is 329 g/mol. The molecule has 124 valence electrons. The largest absolute Gasteiger partial charge is 0.595 e. The summed E-state index contributed by atoms with van der Waals surface area (Å²) < 4.78 is 10.3. The van der Waals surface area contributed by atoms with Gasteiger partial charge in [0, 0.05) is 12.1 Å². The molecule has 1 aliphatic rings. The Morgan fingerprint density at radius 3 is 2.50 bits per heavy atom. The van der Waals surface area contributed by atoms with Crippen LogP contribution in [0.4, 0.5) is 5.69 Å². The Morgan fingerprint density at radius 1 is 1.21 bits per heavy atom. The lowest BCUT2D eigenvalue weighted by Gasteiger charge is -2.31. The van der Waals surface area contributed by atoms with Crippen molar-refractivity contribution in [2.75, 3.05) is 7.11 Å². The average molecular weight is 329 g/mol. The minimum absolute atomic E-state index is 0.107. The summed E-state index contributed by atoms with van der Waals surface area (Å²) in [4.78, 5) is 24.5. The Balaban J connectivity index is 2.06. The number of hydrogen-bond acceptors (Lipinski definition) is 6. The first-order chi connectivity index (χ1) is 11.5. The highest BCUT2D eigenvalue weighted by molar-refractivity contribution is 5.96. The van der Waals surface area contributed by atoms with E-state index in [-0.39, 0.29) is 5.69 Å². The maximum atomic E-state index is 12.3. The summed E-state index contributed by atoms with van der Waals surface area (Å²) in [5.74, 6) is -1.86. The molecule has 0 saturated heterocycles. The lowest BCUT2D eigenvalue weighted by molar-refractivity contribution is -0.991. The third-order valence-electron chi connectivity index (χ3n) is 3.99. The predicted octanol–water partition coefficient (Wildman–Crippen LogP) is 1.26. The van der Waals surface area contributed by atoms with Gasteiger partial charge in [-0.15, -0.1) is 0 Å². The summed E-state index contributed by atoms with van der Waals surface area (Å²) in [5.41, 5.74) is 1.49. The van der Waals surface area contributed by atoms with Gasteiger partial charge in [-0.3, -0.25) is 4.79 Å². The van der Waals surface area contributed by atoms with Gasteiger partial charge in [-0.25, -0.2) is 10.0 Å². The van der Waals surface area contributed by atoms with Crippen molar-refractivity contribution in [3.63, 3.8) is 0 Å². The van der Waals surface area contributed by atoms with E-state index in [9.17, 15) is 14.8 Å². The second-order valence-corrected chi connectivity index (χ2v) is 5.34. The Kier molecular flexibility index (Phi) is 4.30. The third kappa shape index (κ3) is 2.76. The van der Waals surface area contributed by atoms with Gasteiger partial charge in [0.05, 0.1) is 12.7 Å². The molecule has 1 heterocycles. The first-order valence-electron chi connectivity index (χ1n) is 7.24. The number of ether oxygens (including phenoxy) is 2. The van der Waals surface area contributed by atoms with Gasteiger partial charge in [0.2, 0.25) is 0 Å². The van der Waals surface area contributed by atoms with E-state index in [1.165, 1.54) is 31.4 Å². The number of hydrogen-bond donors (Lipinski definition) is 2. The fourth-order valence-electron chi connectivity index (χ4n) is 2.82. The predicted molar refractivity (Wildman–Crippen MR) is 81.6 cm³/mol. The number of carbonyl (C=O) groups is 2. The van der Waals surface area contributed by atoms with Crippen LogP contribution >= 0.6 is 0 Å². The Morgan fingerprint density at radius 2 is 1.88 bits per heavy atom. The quantitative estimate of drug-likeness (QED) is 0.649. The van der Waals surface area contributed by atoms with Crippen molar-refractivity contribution >= 4 is 17.6 Å². The van der Waals surface area contributed by atoms with Gasteiger partial charge < -0.3 is 14.7 Å². The number of quaternary nitrogens is 1. The smallest absolute Gasteiger partial charge is 0.339 e. The summed E-state index contributed by atoms with van der Waals surface area (Å²) in [5, 5.41) is 18.9. The molecule has 3 unspecified atom stereocenters. The van der Waals surface area contributed by atoms with Gasteiger partial charge >= 0.3 is 11.9 Å². The summed E-state index contributed by atoms with van der Waals surface area (Å²) >= 11 is 0. The van der Waals surface area contributed by atoms with Crippen molar-refractivity contribution in [1.82, 2.24) is 0 Å². The molecule has 0 aliphatic carbocycles. The molecule has 0 radical (unpaired) electrons. The van der Waals surface area contributed by atoms with Gasteiger partial charge in [-0.1, -0.05) is 18.2 Å². The zero-order chi connectivity index (χ0) is 17.3. The molecular weight excluding hydrogens is 314 g/mol. The van der Waals surface area contributed by atoms with E-state index in [1.807, 2.05) is 0 Å². The van der Waals surface area contributed by atoms with Crippen molar-refractivity contribution in [2.24, 2.45) is 0 Å². The van der Waals surface area contributed by atoms with E-state index < -0.39 is 29.2 Å². The number of nitrogens with one attached hydrogen (secondary N) is 1. The second kappa shape index (κ2) is 6.40. The number of cyclic esters (lactones) is 1. The van der Waals surface area contributed by atoms with Crippen LogP contribution in [0.5, 0.6) is 0 Å². The molecule has 2 aromatic carbocycles. The molecule has 0 saturated carbocycles. The van der Waals surface area contributed by atoms with Crippen molar-refractivity contribution < 1.29 is 29.5 Å². The topological polar surface area (TPSA) is 100 Å². The normalized spacial score (nSPS) is 20.7. The highest BCUT2D eigenvalue weighted by atomic mass is 16.8. The zero-order valence-electron chi connectivity index (χ0n) is 12.8. The van der Waals surface area contributed by atoms with E-state index in [4.69, 9.17) is 14.7 Å². The summed E-state index contributed by atoms with van der Waals surface area (Å²) in [6.07, 6.45) is -0.873. The number of fused-ring (bicyclic) bond motifs is 1. The highest BCUT2D eigenvalue weighted by Gasteiger charge is 2.41. The van der Waals surface area contributed by atoms with Crippen LogP contribution in [0.1, 0.15) is 33.5 Å². The molecule has 0 bridgehead atoms. The van der Waals surface area contributed by atoms with Gasteiger partial charge in [0.15, 0.2) is 5.69 Å². The number of benzene rings is 2. The van der Waals surface area contributed by atoms with Crippen LogP contribution in [-0.4, -0.2) is 24.3 Å². The summed E-state index contributed by atoms with van der Waals surface area (Å²) in [6.45, 7) is 0. The van der Waals surface area contributed by atoms with Crippen molar-refractivity contribution in [1.29, 1.82) is 0 Å². The van der Waals surface area contributed by atoms with E-state index in [0.29, 0.717) is 16.7 Å². The molecule has 7 heteroatoms. The maximum absolute atomic E-state index is 12.3. The Labute approximate surface area is 137 Å². The molecule has 0 aromatic heterocycles. The molecule has 0 amide bonds. The Bertz CT molecular complexity index is 771. The minimum atomic E-state index is -1.06. The number of methoxy groups -OCH3 is 1.